The van der Waals surface area contributed by atoms with Crippen LogP contribution in [0.25, 0.3) is 0 Å². The van der Waals surface area contributed by atoms with Gasteiger partial charge in [-0.15, -0.1) is 0 Å². The predicted octanol–water partition coefficient (Wildman–Crippen LogP) is -1.10. The average molecular weight is 344 g/mol. The molecule has 8 heteroatoms. The van der Waals surface area contributed by atoms with E-state index in [0.29, 0.717) is 5.57 Å². The summed E-state index contributed by atoms with van der Waals surface area (Å²) in [6, 6.07) is 0. The summed E-state index contributed by atoms with van der Waals surface area (Å²) in [6.45, 7) is 1.53. The minimum absolute atomic E-state index is 0.0288. The molecule has 4 N–H and O–H groups in total. The molecule has 0 aromatic carbocycles. The maximum Gasteiger partial charge on any atom is 0.205 e. The first-order valence-corrected chi connectivity index (χ1v) is 8.24. The highest BCUT2D eigenvalue weighted by Crippen LogP contribution is 2.46. The summed E-state index contributed by atoms with van der Waals surface area (Å²) in [7, 11) is 0. The molecule has 0 amide bonds. The van der Waals surface area contributed by atoms with E-state index in [4.69, 9.17) is 14.2 Å². The van der Waals surface area contributed by atoms with E-state index in [1.54, 1.807) is 0 Å². The van der Waals surface area contributed by atoms with Crippen molar-refractivity contribution in [2.24, 2.45) is 17.8 Å². The van der Waals surface area contributed by atoms with Gasteiger partial charge in [0, 0.05) is 11.5 Å². The minimum atomic E-state index is -1.50. The fourth-order valence-electron chi connectivity index (χ4n) is 3.94. The van der Waals surface area contributed by atoms with Crippen LogP contribution in [0.2, 0.25) is 0 Å². The molecule has 1 saturated heterocycles. The van der Waals surface area contributed by atoms with Crippen molar-refractivity contribution in [3.8, 4) is 0 Å². The van der Waals surface area contributed by atoms with Crippen LogP contribution < -0.4 is 0 Å². The van der Waals surface area contributed by atoms with Crippen LogP contribution >= 0.6 is 0 Å². The van der Waals surface area contributed by atoms with Crippen molar-refractivity contribution >= 4 is 6.29 Å². The standard InChI is InChI=1S/C16H24O8/c1-7-2-3-9-8(4-17)6-22-15(11(7)9)24-16-14(21)13(20)12(19)10(5-18)23-16/h4,6-7,9-16,18-21H,2-3,5H2,1H3/t7-,9-,10-,11+,12-,13+,14-,15+,16+/m1/s1. The number of ether oxygens (including phenoxy) is 3. The molecular formula is C16H24O8. The number of rotatable bonds is 4. The van der Waals surface area contributed by atoms with Crippen LogP contribution in [-0.4, -0.2) is 70.3 Å². The highest BCUT2D eigenvalue weighted by atomic mass is 16.8. The van der Waals surface area contributed by atoms with E-state index in [2.05, 4.69) is 0 Å². The molecule has 3 aliphatic rings. The van der Waals surface area contributed by atoms with E-state index >= 15 is 0 Å². The van der Waals surface area contributed by atoms with Crippen LogP contribution in [0, 0.1) is 17.8 Å². The Labute approximate surface area is 139 Å². The summed E-state index contributed by atoms with van der Waals surface area (Å²) in [5, 5.41) is 39.0. The SMILES string of the molecule is C[C@@H]1CC[C@@H]2C(C=O)=CO[C@@H](O[C@@H]3O[C@H](CO)[C@@H](O)[C@H](O)[C@H]3O)[C@@H]12. The van der Waals surface area contributed by atoms with Crippen LogP contribution in [-0.2, 0) is 19.0 Å². The van der Waals surface area contributed by atoms with Crippen molar-refractivity contribution in [1.82, 2.24) is 0 Å². The molecule has 3 rings (SSSR count). The Balaban J connectivity index is 1.75. The highest BCUT2D eigenvalue weighted by Gasteiger charge is 2.49. The third-order valence-electron chi connectivity index (χ3n) is 5.39. The molecule has 0 spiro atoms. The van der Waals surface area contributed by atoms with E-state index in [1.807, 2.05) is 6.92 Å². The molecule has 2 fully saturated rings. The van der Waals surface area contributed by atoms with Gasteiger partial charge in [-0.2, -0.15) is 0 Å². The van der Waals surface area contributed by atoms with Crippen molar-refractivity contribution in [3.63, 3.8) is 0 Å². The van der Waals surface area contributed by atoms with Crippen LogP contribution in [0.3, 0.4) is 0 Å². The topological polar surface area (TPSA) is 126 Å². The molecule has 0 radical (unpaired) electrons. The lowest BCUT2D eigenvalue weighted by molar-refractivity contribution is -0.342. The molecule has 2 aliphatic heterocycles. The Kier molecular flexibility index (Phi) is 5.24. The summed E-state index contributed by atoms with van der Waals surface area (Å²) >= 11 is 0. The molecule has 0 aromatic heterocycles. The highest BCUT2D eigenvalue weighted by molar-refractivity contribution is 5.74. The fraction of sp³-hybridized carbons (Fsp3) is 0.812. The Morgan fingerprint density at radius 2 is 1.96 bits per heavy atom. The molecule has 0 aromatic rings. The van der Waals surface area contributed by atoms with Gasteiger partial charge in [-0.25, -0.2) is 0 Å². The maximum absolute atomic E-state index is 11.2. The molecule has 2 heterocycles. The molecule has 1 aliphatic carbocycles. The van der Waals surface area contributed by atoms with Crippen molar-refractivity contribution in [1.29, 1.82) is 0 Å². The van der Waals surface area contributed by atoms with Gasteiger partial charge in [0.05, 0.1) is 12.9 Å². The van der Waals surface area contributed by atoms with Crippen LogP contribution in [0.1, 0.15) is 19.8 Å². The van der Waals surface area contributed by atoms with Crippen molar-refractivity contribution < 1.29 is 39.4 Å². The first-order chi connectivity index (χ1) is 11.5. The second kappa shape index (κ2) is 7.07. The maximum atomic E-state index is 11.2. The van der Waals surface area contributed by atoms with Gasteiger partial charge in [0.15, 0.2) is 6.29 Å². The molecule has 0 bridgehead atoms. The largest absolute Gasteiger partial charge is 0.472 e. The van der Waals surface area contributed by atoms with Crippen molar-refractivity contribution in [2.75, 3.05) is 6.61 Å². The third-order valence-corrected chi connectivity index (χ3v) is 5.39. The zero-order valence-electron chi connectivity index (χ0n) is 13.4. The lowest BCUT2D eigenvalue weighted by Crippen LogP contribution is -2.60. The lowest BCUT2D eigenvalue weighted by Gasteiger charge is -2.43. The predicted molar refractivity (Wildman–Crippen MR) is 79.3 cm³/mol. The number of hydrogen-bond acceptors (Lipinski definition) is 8. The Bertz CT molecular complexity index is 492. The first kappa shape index (κ1) is 17.8. The van der Waals surface area contributed by atoms with E-state index in [0.717, 1.165) is 19.1 Å². The molecule has 24 heavy (non-hydrogen) atoms. The lowest BCUT2D eigenvalue weighted by atomic mass is 9.84. The van der Waals surface area contributed by atoms with Gasteiger partial charge in [-0.05, 0) is 24.7 Å². The molecule has 0 unspecified atom stereocenters. The molecule has 136 valence electrons. The van der Waals surface area contributed by atoms with Crippen molar-refractivity contribution in [2.45, 2.75) is 56.8 Å². The Morgan fingerprint density at radius 1 is 1.21 bits per heavy atom. The second-order valence-electron chi connectivity index (χ2n) is 6.81. The van der Waals surface area contributed by atoms with Gasteiger partial charge in [-0.3, -0.25) is 4.79 Å². The van der Waals surface area contributed by atoms with Gasteiger partial charge < -0.3 is 34.6 Å². The minimum Gasteiger partial charge on any atom is -0.472 e. The molecule has 8 nitrogen and oxygen atoms in total. The third kappa shape index (κ3) is 2.98. The van der Waals surface area contributed by atoms with E-state index in [9.17, 15) is 25.2 Å². The zero-order valence-corrected chi connectivity index (χ0v) is 13.4. The summed E-state index contributed by atoms with van der Waals surface area (Å²) in [4.78, 5) is 11.2. The number of aliphatic hydroxyl groups excluding tert-OH is 4. The van der Waals surface area contributed by atoms with Crippen LogP contribution in [0.5, 0.6) is 0 Å². The van der Waals surface area contributed by atoms with Crippen LogP contribution in [0.15, 0.2) is 11.8 Å². The molecule has 9 atom stereocenters. The summed E-state index contributed by atoms with van der Waals surface area (Å²) < 4.78 is 16.6. The fourth-order valence-corrected chi connectivity index (χ4v) is 3.94. The summed E-state index contributed by atoms with van der Waals surface area (Å²) in [5.74, 6) is 0.220. The van der Waals surface area contributed by atoms with Gasteiger partial charge >= 0.3 is 0 Å². The summed E-state index contributed by atoms with van der Waals surface area (Å²) in [5.41, 5.74) is 0.595. The van der Waals surface area contributed by atoms with Gasteiger partial charge in [0.2, 0.25) is 6.29 Å². The number of allylic oxidation sites excluding steroid dienone is 1. The molecule has 1 saturated carbocycles. The number of hydrogen-bond donors (Lipinski definition) is 4. The number of carbonyl (C=O) groups excluding carboxylic acids is 1. The Morgan fingerprint density at radius 3 is 2.62 bits per heavy atom. The Hall–Kier alpha value is -1.03. The number of aldehydes is 1. The van der Waals surface area contributed by atoms with Gasteiger partial charge in [-0.1, -0.05) is 6.92 Å². The van der Waals surface area contributed by atoms with Gasteiger partial charge in [0.1, 0.15) is 30.7 Å². The van der Waals surface area contributed by atoms with Crippen LogP contribution in [0.4, 0.5) is 0 Å². The first-order valence-electron chi connectivity index (χ1n) is 8.24. The van der Waals surface area contributed by atoms with E-state index in [-0.39, 0.29) is 17.8 Å². The molecular weight excluding hydrogens is 320 g/mol. The summed E-state index contributed by atoms with van der Waals surface area (Å²) in [6.07, 6.45) is -3.47. The van der Waals surface area contributed by atoms with E-state index < -0.39 is 43.6 Å². The quantitative estimate of drug-likeness (QED) is 0.474. The van der Waals surface area contributed by atoms with Gasteiger partial charge in [0.25, 0.3) is 0 Å². The second-order valence-corrected chi connectivity index (χ2v) is 6.81. The number of fused-ring (bicyclic) bond motifs is 1. The normalized spacial score (nSPS) is 48.4. The number of carbonyl (C=O) groups is 1. The number of aliphatic hydroxyl groups is 4. The smallest absolute Gasteiger partial charge is 0.205 e. The van der Waals surface area contributed by atoms with E-state index in [1.165, 1.54) is 6.26 Å². The average Bonchev–Trinajstić information content (AvgIpc) is 2.98. The zero-order chi connectivity index (χ0) is 17.4. The monoisotopic (exact) mass is 344 g/mol. The van der Waals surface area contributed by atoms with Crippen molar-refractivity contribution in [3.05, 3.63) is 11.8 Å².